The molecule has 88 valence electrons. The molecule has 0 atom stereocenters. The first-order valence-corrected chi connectivity index (χ1v) is 5.22. The zero-order valence-corrected chi connectivity index (χ0v) is 9.19. The lowest BCUT2D eigenvalue weighted by Gasteiger charge is -2.04. The maximum absolute atomic E-state index is 11.2. The lowest BCUT2D eigenvalue weighted by Crippen LogP contribution is -2.01. The van der Waals surface area contributed by atoms with E-state index in [0.29, 0.717) is 16.9 Å². The summed E-state index contributed by atoms with van der Waals surface area (Å²) in [6.07, 6.45) is 9.49. The van der Waals surface area contributed by atoms with Crippen molar-refractivity contribution in [3.63, 3.8) is 0 Å². The highest BCUT2D eigenvalue weighted by molar-refractivity contribution is 5.95. The Balaban J connectivity index is 2.30. The van der Waals surface area contributed by atoms with Crippen LogP contribution >= 0.6 is 0 Å². The van der Waals surface area contributed by atoms with Gasteiger partial charge in [0.1, 0.15) is 0 Å². The first-order chi connectivity index (χ1) is 8.77. The van der Waals surface area contributed by atoms with E-state index in [1.165, 1.54) is 6.20 Å². The molecule has 3 rings (SSSR count). The summed E-state index contributed by atoms with van der Waals surface area (Å²) >= 11 is 0. The van der Waals surface area contributed by atoms with Gasteiger partial charge in [0, 0.05) is 30.4 Å². The number of carboxylic acid groups (broad SMARTS) is 1. The van der Waals surface area contributed by atoms with Crippen molar-refractivity contribution >= 4 is 11.6 Å². The number of hydrogen-bond acceptors (Lipinski definition) is 4. The normalized spacial score (nSPS) is 10.7. The summed E-state index contributed by atoms with van der Waals surface area (Å²) in [7, 11) is 0. The molecule has 0 saturated carbocycles. The predicted octanol–water partition coefficient (Wildman–Crippen LogP) is 1.49. The summed E-state index contributed by atoms with van der Waals surface area (Å²) in [6.45, 7) is 0. The Kier molecular flexibility index (Phi) is 2.26. The maximum atomic E-state index is 11.2. The van der Waals surface area contributed by atoms with E-state index in [-0.39, 0.29) is 5.56 Å². The van der Waals surface area contributed by atoms with Gasteiger partial charge < -0.3 is 5.11 Å². The van der Waals surface area contributed by atoms with Gasteiger partial charge >= 0.3 is 5.97 Å². The molecule has 0 spiro atoms. The zero-order chi connectivity index (χ0) is 12.5. The van der Waals surface area contributed by atoms with Crippen LogP contribution in [-0.4, -0.2) is 30.4 Å². The SMILES string of the molecule is O=C(O)c1cnccc1-c1cnc2cnccn12. The number of carboxylic acids is 1. The van der Waals surface area contributed by atoms with Crippen molar-refractivity contribution in [2.24, 2.45) is 0 Å². The Morgan fingerprint density at radius 1 is 1.17 bits per heavy atom. The Morgan fingerprint density at radius 2 is 2.00 bits per heavy atom. The fourth-order valence-electron chi connectivity index (χ4n) is 1.83. The third kappa shape index (κ3) is 1.51. The number of pyridine rings is 1. The average Bonchev–Trinajstić information content (AvgIpc) is 2.82. The quantitative estimate of drug-likeness (QED) is 0.734. The van der Waals surface area contributed by atoms with E-state index in [4.69, 9.17) is 5.11 Å². The number of imidazole rings is 1. The second-order valence-corrected chi connectivity index (χ2v) is 3.67. The molecule has 0 amide bonds. The van der Waals surface area contributed by atoms with Gasteiger partial charge in [-0.2, -0.15) is 0 Å². The fraction of sp³-hybridized carbons (Fsp3) is 0. The highest BCUT2D eigenvalue weighted by Gasteiger charge is 2.14. The fourth-order valence-corrected chi connectivity index (χ4v) is 1.83. The van der Waals surface area contributed by atoms with E-state index < -0.39 is 5.97 Å². The first kappa shape index (κ1) is 10.4. The Morgan fingerprint density at radius 3 is 2.83 bits per heavy atom. The van der Waals surface area contributed by atoms with E-state index >= 15 is 0 Å². The first-order valence-electron chi connectivity index (χ1n) is 5.22. The molecule has 0 fully saturated rings. The van der Waals surface area contributed by atoms with Gasteiger partial charge in [0.25, 0.3) is 0 Å². The molecule has 0 radical (unpaired) electrons. The Hall–Kier alpha value is -2.76. The van der Waals surface area contributed by atoms with Crippen LogP contribution in [0.1, 0.15) is 10.4 Å². The lowest BCUT2D eigenvalue weighted by molar-refractivity contribution is 0.0697. The van der Waals surface area contributed by atoms with Crippen molar-refractivity contribution in [1.29, 1.82) is 0 Å². The molecule has 6 heteroatoms. The summed E-state index contributed by atoms with van der Waals surface area (Å²) in [6, 6.07) is 1.66. The number of aromatic nitrogens is 4. The van der Waals surface area contributed by atoms with Gasteiger partial charge in [-0.25, -0.2) is 9.78 Å². The van der Waals surface area contributed by atoms with Crippen LogP contribution in [0.3, 0.4) is 0 Å². The third-order valence-electron chi connectivity index (χ3n) is 2.64. The van der Waals surface area contributed by atoms with Gasteiger partial charge in [-0.05, 0) is 6.07 Å². The number of aromatic carboxylic acids is 1. The zero-order valence-electron chi connectivity index (χ0n) is 9.19. The van der Waals surface area contributed by atoms with Crippen molar-refractivity contribution in [2.45, 2.75) is 0 Å². The Labute approximate surface area is 102 Å². The minimum atomic E-state index is -1.01. The summed E-state index contributed by atoms with van der Waals surface area (Å²) in [5, 5.41) is 9.15. The minimum Gasteiger partial charge on any atom is -0.478 e. The molecule has 0 aliphatic heterocycles. The van der Waals surface area contributed by atoms with Gasteiger partial charge in [-0.3, -0.25) is 14.4 Å². The summed E-state index contributed by atoms with van der Waals surface area (Å²) in [5.41, 5.74) is 2.10. The number of nitrogens with zero attached hydrogens (tertiary/aromatic N) is 4. The molecule has 1 N–H and O–H groups in total. The highest BCUT2D eigenvalue weighted by atomic mass is 16.4. The molecule has 6 nitrogen and oxygen atoms in total. The Bertz CT molecular complexity index is 736. The van der Waals surface area contributed by atoms with E-state index in [1.54, 1.807) is 41.5 Å². The van der Waals surface area contributed by atoms with Gasteiger partial charge in [-0.15, -0.1) is 0 Å². The summed E-state index contributed by atoms with van der Waals surface area (Å²) < 4.78 is 1.79. The molecule has 0 bridgehead atoms. The third-order valence-corrected chi connectivity index (χ3v) is 2.64. The largest absolute Gasteiger partial charge is 0.478 e. The number of carbonyl (C=O) groups is 1. The smallest absolute Gasteiger partial charge is 0.337 e. The van der Waals surface area contributed by atoms with Gasteiger partial charge in [0.05, 0.1) is 23.7 Å². The van der Waals surface area contributed by atoms with Crippen molar-refractivity contribution in [3.05, 3.63) is 48.8 Å². The van der Waals surface area contributed by atoms with Crippen LogP contribution in [0.2, 0.25) is 0 Å². The summed E-state index contributed by atoms with van der Waals surface area (Å²) in [5.74, 6) is -1.01. The van der Waals surface area contributed by atoms with Gasteiger partial charge in [0.2, 0.25) is 0 Å². The minimum absolute atomic E-state index is 0.149. The van der Waals surface area contributed by atoms with Gasteiger partial charge in [0.15, 0.2) is 5.65 Å². The second-order valence-electron chi connectivity index (χ2n) is 3.67. The van der Waals surface area contributed by atoms with E-state index in [0.717, 1.165) is 0 Å². The summed E-state index contributed by atoms with van der Waals surface area (Å²) in [4.78, 5) is 23.2. The number of fused-ring (bicyclic) bond motifs is 1. The van der Waals surface area contributed by atoms with Crippen LogP contribution in [-0.2, 0) is 0 Å². The van der Waals surface area contributed by atoms with Gasteiger partial charge in [-0.1, -0.05) is 0 Å². The van der Waals surface area contributed by atoms with Crippen molar-refractivity contribution in [3.8, 4) is 11.3 Å². The molecule has 0 saturated heterocycles. The van der Waals surface area contributed by atoms with Crippen molar-refractivity contribution in [1.82, 2.24) is 19.4 Å². The van der Waals surface area contributed by atoms with E-state index in [1.807, 2.05) is 0 Å². The molecule has 3 aromatic heterocycles. The molecule has 0 aliphatic carbocycles. The standard InChI is InChI=1S/C12H8N4O2/c17-12(18)9-5-13-2-1-8(9)10-6-15-11-7-14-3-4-16(10)11/h1-7H,(H,17,18). The van der Waals surface area contributed by atoms with Crippen LogP contribution in [0.4, 0.5) is 0 Å². The van der Waals surface area contributed by atoms with E-state index in [9.17, 15) is 4.79 Å². The molecule has 0 aliphatic rings. The number of rotatable bonds is 2. The molecular formula is C12H8N4O2. The molecule has 18 heavy (non-hydrogen) atoms. The van der Waals surface area contributed by atoms with Crippen LogP contribution < -0.4 is 0 Å². The molecular weight excluding hydrogens is 232 g/mol. The van der Waals surface area contributed by atoms with Crippen LogP contribution in [0.5, 0.6) is 0 Å². The van der Waals surface area contributed by atoms with Crippen LogP contribution in [0, 0.1) is 0 Å². The number of hydrogen-bond donors (Lipinski definition) is 1. The topological polar surface area (TPSA) is 80.4 Å². The maximum Gasteiger partial charge on any atom is 0.337 e. The van der Waals surface area contributed by atoms with Crippen LogP contribution in [0.25, 0.3) is 16.9 Å². The van der Waals surface area contributed by atoms with Crippen molar-refractivity contribution in [2.75, 3.05) is 0 Å². The molecule has 3 aromatic rings. The van der Waals surface area contributed by atoms with Crippen LogP contribution in [0.15, 0.2) is 43.2 Å². The monoisotopic (exact) mass is 240 g/mol. The van der Waals surface area contributed by atoms with Crippen molar-refractivity contribution < 1.29 is 9.90 Å². The molecule has 0 unspecified atom stereocenters. The average molecular weight is 240 g/mol. The van der Waals surface area contributed by atoms with E-state index in [2.05, 4.69) is 15.0 Å². The molecule has 0 aromatic carbocycles. The predicted molar refractivity (Wildman–Crippen MR) is 63.2 cm³/mol. The highest BCUT2D eigenvalue weighted by Crippen LogP contribution is 2.23. The second kappa shape index (κ2) is 3.92. The lowest BCUT2D eigenvalue weighted by atomic mass is 10.1. The molecule has 3 heterocycles.